The van der Waals surface area contributed by atoms with Crippen molar-refractivity contribution < 1.29 is 13.5 Å². The van der Waals surface area contributed by atoms with E-state index in [9.17, 15) is 8.42 Å². The molecule has 2 N–H and O–H groups in total. The standard InChI is InChI=1S/C11H8Br3NO3S2/c12-6-1-2-8(13)9(3-6)15-20(17,18)10-4-7(5-16)19-11(10)14/h1-4,15-16H,5H2. The van der Waals surface area contributed by atoms with Crippen molar-refractivity contribution in [3.05, 3.63) is 41.9 Å². The fourth-order valence-corrected chi connectivity index (χ4v) is 5.89. The van der Waals surface area contributed by atoms with Gasteiger partial charge < -0.3 is 5.11 Å². The Morgan fingerprint density at radius 2 is 1.90 bits per heavy atom. The van der Waals surface area contributed by atoms with E-state index in [2.05, 4.69) is 52.5 Å². The molecule has 0 aliphatic carbocycles. The highest BCUT2D eigenvalue weighted by molar-refractivity contribution is 9.11. The Labute approximate surface area is 145 Å². The fourth-order valence-electron chi connectivity index (χ4n) is 1.43. The molecule has 9 heteroatoms. The molecule has 0 bridgehead atoms. The van der Waals surface area contributed by atoms with Crippen LogP contribution >= 0.6 is 59.1 Å². The lowest BCUT2D eigenvalue weighted by atomic mass is 10.3. The average Bonchev–Trinajstić information content (AvgIpc) is 2.76. The number of hydrogen-bond donors (Lipinski definition) is 2. The zero-order chi connectivity index (χ0) is 14.9. The molecule has 20 heavy (non-hydrogen) atoms. The van der Waals surface area contributed by atoms with Gasteiger partial charge in [-0.25, -0.2) is 8.42 Å². The largest absolute Gasteiger partial charge is 0.391 e. The Kier molecular flexibility index (Phi) is 5.30. The third-order valence-corrected chi connectivity index (χ3v) is 7.11. The topological polar surface area (TPSA) is 66.4 Å². The third-order valence-electron chi connectivity index (χ3n) is 2.32. The quantitative estimate of drug-likeness (QED) is 0.650. The van der Waals surface area contributed by atoms with Gasteiger partial charge in [-0.1, -0.05) is 15.9 Å². The van der Waals surface area contributed by atoms with Crippen LogP contribution in [0.25, 0.3) is 0 Å². The second-order valence-electron chi connectivity index (χ2n) is 3.74. The summed E-state index contributed by atoms with van der Waals surface area (Å²) in [5, 5.41) is 9.07. The van der Waals surface area contributed by atoms with Crippen LogP contribution in [-0.2, 0) is 16.6 Å². The van der Waals surface area contributed by atoms with E-state index < -0.39 is 10.0 Å². The van der Waals surface area contributed by atoms with E-state index >= 15 is 0 Å². The predicted octanol–water partition coefficient (Wildman–Crippen LogP) is 4.33. The minimum Gasteiger partial charge on any atom is -0.391 e. The highest BCUT2D eigenvalue weighted by Gasteiger charge is 2.21. The van der Waals surface area contributed by atoms with Crippen LogP contribution in [0.1, 0.15) is 4.88 Å². The Morgan fingerprint density at radius 3 is 2.50 bits per heavy atom. The number of anilines is 1. The minimum atomic E-state index is -3.72. The van der Waals surface area contributed by atoms with Crippen molar-refractivity contribution in [1.82, 2.24) is 0 Å². The van der Waals surface area contributed by atoms with Gasteiger partial charge >= 0.3 is 0 Å². The minimum absolute atomic E-state index is 0.110. The van der Waals surface area contributed by atoms with Gasteiger partial charge in [0.1, 0.15) is 4.90 Å². The van der Waals surface area contributed by atoms with Gasteiger partial charge in [0.2, 0.25) is 0 Å². The Balaban J connectivity index is 2.40. The SMILES string of the molecule is O=S(=O)(Nc1cc(Br)ccc1Br)c1cc(CO)sc1Br. The Hall–Kier alpha value is 0.0700. The first kappa shape index (κ1) is 16.4. The van der Waals surface area contributed by atoms with Crippen molar-refractivity contribution in [3.8, 4) is 0 Å². The van der Waals surface area contributed by atoms with Gasteiger partial charge in [-0.05, 0) is 56.1 Å². The molecule has 0 unspecified atom stereocenters. The van der Waals surface area contributed by atoms with Crippen LogP contribution in [0.3, 0.4) is 0 Å². The third kappa shape index (κ3) is 3.63. The molecule has 108 valence electrons. The molecule has 1 aromatic carbocycles. The van der Waals surface area contributed by atoms with Gasteiger partial charge in [-0.15, -0.1) is 11.3 Å². The number of rotatable bonds is 4. The molecule has 0 atom stereocenters. The molecule has 1 aromatic heterocycles. The molecule has 0 aliphatic rings. The summed E-state index contributed by atoms with van der Waals surface area (Å²) in [6.45, 7) is -0.195. The summed E-state index contributed by atoms with van der Waals surface area (Å²) in [6.07, 6.45) is 0. The summed E-state index contributed by atoms with van der Waals surface area (Å²) in [4.78, 5) is 0.684. The number of halogens is 3. The smallest absolute Gasteiger partial charge is 0.263 e. The predicted molar refractivity (Wildman–Crippen MR) is 90.6 cm³/mol. The highest BCUT2D eigenvalue weighted by atomic mass is 79.9. The van der Waals surface area contributed by atoms with Gasteiger partial charge in [0.25, 0.3) is 10.0 Å². The van der Waals surface area contributed by atoms with Crippen LogP contribution in [-0.4, -0.2) is 13.5 Å². The van der Waals surface area contributed by atoms with Crippen LogP contribution in [0.2, 0.25) is 0 Å². The summed E-state index contributed by atoms with van der Waals surface area (Å²) in [5.74, 6) is 0. The van der Waals surface area contributed by atoms with Crippen molar-refractivity contribution >= 4 is 74.8 Å². The number of sulfonamides is 1. The van der Waals surface area contributed by atoms with E-state index in [1.54, 1.807) is 18.2 Å². The molecule has 0 saturated heterocycles. The first-order valence-electron chi connectivity index (χ1n) is 5.20. The summed E-state index contributed by atoms with van der Waals surface area (Å²) in [6, 6.07) is 6.65. The number of hydrogen-bond acceptors (Lipinski definition) is 4. The second-order valence-corrected chi connectivity index (χ2v) is 9.61. The normalized spacial score (nSPS) is 11.6. The Morgan fingerprint density at radius 1 is 1.20 bits per heavy atom. The van der Waals surface area contributed by atoms with Crippen molar-refractivity contribution in [1.29, 1.82) is 0 Å². The van der Waals surface area contributed by atoms with Crippen LogP contribution < -0.4 is 4.72 Å². The summed E-state index contributed by atoms with van der Waals surface area (Å²) in [5.41, 5.74) is 0.433. The highest BCUT2D eigenvalue weighted by Crippen LogP contribution is 2.34. The molecule has 4 nitrogen and oxygen atoms in total. The molecule has 0 aliphatic heterocycles. The lowest BCUT2D eigenvalue weighted by Gasteiger charge is -2.09. The zero-order valence-electron chi connectivity index (χ0n) is 9.73. The lowest BCUT2D eigenvalue weighted by molar-refractivity contribution is 0.285. The summed E-state index contributed by atoms with van der Waals surface area (Å²) < 4.78 is 29.1. The van der Waals surface area contributed by atoms with E-state index in [1.807, 2.05) is 0 Å². The number of benzene rings is 1. The molecular formula is C11H8Br3NO3S2. The molecule has 0 radical (unpaired) electrons. The van der Waals surface area contributed by atoms with Gasteiger partial charge in [-0.2, -0.15) is 0 Å². The first-order valence-corrected chi connectivity index (χ1v) is 9.88. The summed E-state index contributed by atoms with van der Waals surface area (Å²) in [7, 11) is -3.72. The Bertz CT molecular complexity index is 743. The molecule has 1 heterocycles. The molecule has 2 aromatic rings. The molecule has 0 spiro atoms. The number of thiophene rings is 1. The first-order chi connectivity index (χ1) is 9.33. The van der Waals surface area contributed by atoms with Gasteiger partial charge in [-0.3, -0.25) is 4.72 Å². The molecular weight excluding hydrogens is 498 g/mol. The second kappa shape index (κ2) is 6.45. The van der Waals surface area contributed by atoms with Gasteiger partial charge in [0, 0.05) is 13.8 Å². The van der Waals surface area contributed by atoms with Gasteiger partial charge in [0.05, 0.1) is 16.1 Å². The maximum Gasteiger partial charge on any atom is 0.263 e. The van der Waals surface area contributed by atoms with Crippen LogP contribution in [0.4, 0.5) is 5.69 Å². The molecule has 0 fully saturated rings. The van der Waals surface area contributed by atoms with E-state index in [0.29, 0.717) is 18.8 Å². The molecule has 0 saturated carbocycles. The number of aliphatic hydroxyl groups excluding tert-OH is 1. The number of aliphatic hydroxyl groups is 1. The maximum atomic E-state index is 12.4. The zero-order valence-corrected chi connectivity index (χ0v) is 16.1. The number of nitrogens with one attached hydrogen (secondary N) is 1. The molecule has 0 amide bonds. The van der Waals surface area contributed by atoms with Crippen molar-refractivity contribution in [2.45, 2.75) is 11.5 Å². The lowest BCUT2D eigenvalue weighted by Crippen LogP contribution is -2.13. The van der Waals surface area contributed by atoms with E-state index in [1.165, 1.54) is 17.4 Å². The van der Waals surface area contributed by atoms with Gasteiger partial charge in [0.15, 0.2) is 0 Å². The van der Waals surface area contributed by atoms with Crippen LogP contribution in [0.5, 0.6) is 0 Å². The van der Waals surface area contributed by atoms with Crippen LogP contribution in [0.15, 0.2) is 41.9 Å². The summed E-state index contributed by atoms with van der Waals surface area (Å²) >= 11 is 11.0. The van der Waals surface area contributed by atoms with E-state index in [-0.39, 0.29) is 11.5 Å². The van der Waals surface area contributed by atoms with Crippen molar-refractivity contribution in [2.24, 2.45) is 0 Å². The van der Waals surface area contributed by atoms with Crippen molar-refractivity contribution in [2.75, 3.05) is 4.72 Å². The van der Waals surface area contributed by atoms with Crippen molar-refractivity contribution in [3.63, 3.8) is 0 Å². The maximum absolute atomic E-state index is 12.4. The molecule has 2 rings (SSSR count). The van der Waals surface area contributed by atoms with E-state index in [0.717, 1.165) is 4.47 Å². The fraction of sp³-hybridized carbons (Fsp3) is 0.0909. The van der Waals surface area contributed by atoms with E-state index in [4.69, 9.17) is 5.11 Å². The van der Waals surface area contributed by atoms with Crippen LogP contribution in [0, 0.1) is 0 Å². The average molecular weight is 506 g/mol. The monoisotopic (exact) mass is 503 g/mol.